The summed E-state index contributed by atoms with van der Waals surface area (Å²) < 4.78 is 30.2. The highest BCUT2D eigenvalue weighted by Gasteiger charge is 2.15. The molecule has 0 N–H and O–H groups in total. The van der Waals surface area contributed by atoms with Crippen molar-refractivity contribution >= 4 is 38.3 Å². The first-order chi connectivity index (χ1) is 13.8. The normalized spacial score (nSPS) is 11.7. The number of aryl methyl sites for hydroxylation is 2. The third kappa shape index (κ3) is 5.40. The molecule has 0 saturated heterocycles. The first-order valence-corrected chi connectivity index (χ1v) is 11.8. The monoisotopic (exact) mass is 433 g/mol. The summed E-state index contributed by atoms with van der Waals surface area (Å²) in [5.41, 5.74) is 4.03. The molecule has 5 nitrogen and oxygen atoms in total. The van der Waals surface area contributed by atoms with Crippen LogP contribution in [0.2, 0.25) is 5.02 Å². The zero-order chi connectivity index (χ0) is 21.0. The molecule has 0 aliphatic rings. The molecule has 0 bridgehead atoms. The summed E-state index contributed by atoms with van der Waals surface area (Å²) >= 11 is 6.05. The maximum absolute atomic E-state index is 11.6. The van der Waals surface area contributed by atoms with Gasteiger partial charge in [-0.05, 0) is 48.2 Å². The van der Waals surface area contributed by atoms with E-state index >= 15 is 0 Å². The molecular formula is C22H24ClNO4S. The van der Waals surface area contributed by atoms with Gasteiger partial charge in [-0.15, -0.1) is 0 Å². The maximum atomic E-state index is 11.6. The molecule has 7 heteroatoms. The topological polar surface area (TPSA) is 65.4 Å². The van der Waals surface area contributed by atoms with Gasteiger partial charge in [-0.1, -0.05) is 35.9 Å². The molecule has 29 heavy (non-hydrogen) atoms. The molecule has 0 unspecified atom stereocenters. The van der Waals surface area contributed by atoms with E-state index < -0.39 is 9.84 Å². The Balaban J connectivity index is 2.04. The van der Waals surface area contributed by atoms with Crippen molar-refractivity contribution in [2.75, 3.05) is 19.1 Å². The van der Waals surface area contributed by atoms with Crippen LogP contribution in [0.3, 0.4) is 0 Å². The molecule has 0 amide bonds. The highest BCUT2D eigenvalue weighted by molar-refractivity contribution is 7.90. The third-order valence-electron chi connectivity index (χ3n) is 4.91. The third-order valence-corrected chi connectivity index (χ3v) is 6.11. The molecule has 1 aromatic heterocycles. The second kappa shape index (κ2) is 9.01. The van der Waals surface area contributed by atoms with Gasteiger partial charge in [0.2, 0.25) is 0 Å². The summed E-state index contributed by atoms with van der Waals surface area (Å²) in [6.07, 6.45) is 2.70. The first kappa shape index (κ1) is 21.4. The molecule has 0 aliphatic carbocycles. The highest BCUT2D eigenvalue weighted by Crippen LogP contribution is 2.32. The lowest BCUT2D eigenvalue weighted by Gasteiger charge is -2.11. The minimum absolute atomic E-state index is 0.107. The van der Waals surface area contributed by atoms with E-state index in [4.69, 9.17) is 16.3 Å². The van der Waals surface area contributed by atoms with Gasteiger partial charge in [0.05, 0.1) is 12.9 Å². The number of fused-ring (bicyclic) bond motifs is 1. The van der Waals surface area contributed by atoms with Gasteiger partial charge in [0.1, 0.15) is 9.84 Å². The lowest BCUT2D eigenvalue weighted by atomic mass is 10.1. The van der Waals surface area contributed by atoms with Crippen molar-refractivity contribution in [3.8, 4) is 11.3 Å². The molecule has 2 aromatic carbocycles. The van der Waals surface area contributed by atoms with Gasteiger partial charge in [-0.25, -0.2) is 8.42 Å². The lowest BCUT2D eigenvalue weighted by Crippen LogP contribution is -2.06. The summed E-state index contributed by atoms with van der Waals surface area (Å²) in [4.78, 5) is 11.5. The van der Waals surface area contributed by atoms with Crippen LogP contribution < -0.4 is 0 Å². The van der Waals surface area contributed by atoms with E-state index in [2.05, 4.69) is 10.6 Å². The van der Waals surface area contributed by atoms with Crippen molar-refractivity contribution in [2.45, 2.75) is 25.8 Å². The number of rotatable bonds is 8. The number of methoxy groups -OCH3 is 1. The van der Waals surface area contributed by atoms with Crippen LogP contribution in [0.15, 0.2) is 48.5 Å². The standard InChI is InChI=1S/C22H24ClNO4S/c1-28-22(25)7-4-13-24-20-6-3-5-16(12-14-29(2,26)27)19(20)15-21(24)17-8-10-18(23)11-9-17/h3,5-6,8-11,15H,4,7,12-14H2,1-2H3. The van der Waals surface area contributed by atoms with Gasteiger partial charge < -0.3 is 9.30 Å². The van der Waals surface area contributed by atoms with Crippen LogP contribution in [0.1, 0.15) is 18.4 Å². The second-order valence-electron chi connectivity index (χ2n) is 7.10. The predicted octanol–water partition coefficient (Wildman–Crippen LogP) is 4.50. The van der Waals surface area contributed by atoms with Gasteiger partial charge in [-0.3, -0.25) is 4.79 Å². The van der Waals surface area contributed by atoms with E-state index in [1.165, 1.54) is 13.4 Å². The molecule has 0 fully saturated rings. The number of ether oxygens (including phenoxy) is 1. The largest absolute Gasteiger partial charge is 0.469 e. The molecular weight excluding hydrogens is 410 g/mol. The Morgan fingerprint density at radius 1 is 1.14 bits per heavy atom. The molecule has 3 rings (SSSR count). The molecule has 3 aromatic rings. The first-order valence-electron chi connectivity index (χ1n) is 9.40. The molecule has 154 valence electrons. The minimum Gasteiger partial charge on any atom is -0.469 e. The predicted molar refractivity (Wildman–Crippen MR) is 117 cm³/mol. The second-order valence-corrected chi connectivity index (χ2v) is 9.79. The maximum Gasteiger partial charge on any atom is 0.305 e. The number of nitrogens with zero attached hydrogens (tertiary/aromatic N) is 1. The van der Waals surface area contributed by atoms with E-state index in [9.17, 15) is 13.2 Å². The fourth-order valence-corrected chi connectivity index (χ4v) is 4.16. The molecule has 0 aliphatic heterocycles. The van der Waals surface area contributed by atoms with Crippen LogP contribution >= 0.6 is 11.6 Å². The zero-order valence-electron chi connectivity index (χ0n) is 16.5. The number of hydrogen-bond donors (Lipinski definition) is 0. The fraction of sp³-hybridized carbons (Fsp3) is 0.318. The van der Waals surface area contributed by atoms with Gasteiger partial charge in [0.15, 0.2) is 0 Å². The SMILES string of the molecule is COC(=O)CCCn1c(-c2ccc(Cl)cc2)cc2c(CCS(C)(=O)=O)cccc21. The van der Waals surface area contributed by atoms with Gasteiger partial charge >= 0.3 is 5.97 Å². The highest BCUT2D eigenvalue weighted by atomic mass is 35.5. The molecule has 0 atom stereocenters. The number of benzene rings is 2. The van der Waals surface area contributed by atoms with Gasteiger partial charge in [0, 0.05) is 40.8 Å². The van der Waals surface area contributed by atoms with Crippen LogP contribution in [-0.2, 0) is 32.3 Å². The summed E-state index contributed by atoms with van der Waals surface area (Å²) in [5, 5.41) is 1.69. The molecule has 1 heterocycles. The van der Waals surface area contributed by atoms with Crippen LogP contribution in [-0.4, -0.2) is 38.1 Å². The smallest absolute Gasteiger partial charge is 0.305 e. The Morgan fingerprint density at radius 3 is 2.52 bits per heavy atom. The minimum atomic E-state index is -3.05. The number of sulfone groups is 1. The quantitative estimate of drug-likeness (QED) is 0.490. The Morgan fingerprint density at radius 2 is 1.86 bits per heavy atom. The number of halogens is 1. The lowest BCUT2D eigenvalue weighted by molar-refractivity contribution is -0.140. The average molecular weight is 434 g/mol. The van der Waals surface area contributed by atoms with E-state index in [-0.39, 0.29) is 11.7 Å². The van der Waals surface area contributed by atoms with Gasteiger partial charge in [0.25, 0.3) is 0 Å². The van der Waals surface area contributed by atoms with Gasteiger partial charge in [-0.2, -0.15) is 0 Å². The number of hydrogen-bond acceptors (Lipinski definition) is 4. The Bertz CT molecular complexity index is 1120. The molecule has 0 saturated carbocycles. The van der Waals surface area contributed by atoms with E-state index in [0.29, 0.717) is 30.8 Å². The molecule has 0 radical (unpaired) electrons. The Hall–Kier alpha value is -2.31. The molecule has 0 spiro atoms. The van der Waals surface area contributed by atoms with Crippen molar-refractivity contribution < 1.29 is 17.9 Å². The Labute approximate surface area is 176 Å². The number of carbonyl (C=O) groups is 1. The number of carbonyl (C=O) groups excluding carboxylic acids is 1. The van der Waals surface area contributed by atoms with Crippen LogP contribution in [0.5, 0.6) is 0 Å². The summed E-state index contributed by atoms with van der Waals surface area (Å²) in [7, 11) is -1.66. The van der Waals surface area contributed by atoms with Crippen molar-refractivity contribution in [1.82, 2.24) is 4.57 Å². The van der Waals surface area contributed by atoms with Crippen LogP contribution in [0.4, 0.5) is 0 Å². The van der Waals surface area contributed by atoms with Crippen molar-refractivity contribution in [3.63, 3.8) is 0 Å². The van der Waals surface area contributed by atoms with Crippen molar-refractivity contribution in [1.29, 1.82) is 0 Å². The summed E-state index contributed by atoms with van der Waals surface area (Å²) in [6, 6.07) is 15.6. The summed E-state index contributed by atoms with van der Waals surface area (Å²) in [5.74, 6) is -0.126. The van der Waals surface area contributed by atoms with Crippen LogP contribution in [0.25, 0.3) is 22.2 Å². The summed E-state index contributed by atoms with van der Waals surface area (Å²) in [6.45, 7) is 0.645. The fourth-order valence-electron chi connectivity index (χ4n) is 3.44. The van der Waals surface area contributed by atoms with E-state index in [0.717, 1.165) is 27.7 Å². The average Bonchev–Trinajstić information content (AvgIpc) is 3.05. The van der Waals surface area contributed by atoms with E-state index in [1.54, 1.807) is 0 Å². The number of aromatic nitrogens is 1. The van der Waals surface area contributed by atoms with Crippen LogP contribution in [0, 0.1) is 0 Å². The van der Waals surface area contributed by atoms with E-state index in [1.807, 2.05) is 42.5 Å². The Kier molecular flexibility index (Phi) is 6.65. The van der Waals surface area contributed by atoms with Crippen molar-refractivity contribution in [3.05, 3.63) is 59.1 Å². The number of esters is 1. The van der Waals surface area contributed by atoms with Crippen molar-refractivity contribution in [2.24, 2.45) is 0 Å². The zero-order valence-corrected chi connectivity index (χ0v) is 18.1.